The number of benzene rings is 1. The van der Waals surface area contributed by atoms with Crippen LogP contribution in [0.25, 0.3) is 0 Å². The molecule has 0 radical (unpaired) electrons. The van der Waals surface area contributed by atoms with Crippen molar-refractivity contribution in [3.8, 4) is 0 Å². The molecule has 1 aliphatic rings. The Labute approximate surface area is 87.9 Å². The molecule has 1 fully saturated rings. The van der Waals surface area contributed by atoms with E-state index < -0.39 is 0 Å². The number of hydrogen-bond acceptors (Lipinski definition) is 1. The summed E-state index contributed by atoms with van der Waals surface area (Å²) in [6.45, 7) is 1.63. The van der Waals surface area contributed by atoms with Crippen molar-refractivity contribution in [2.45, 2.75) is 12.8 Å². The summed E-state index contributed by atoms with van der Waals surface area (Å²) in [6, 6.07) is 5.69. The van der Waals surface area contributed by atoms with Gasteiger partial charge >= 0.3 is 6.03 Å². The van der Waals surface area contributed by atoms with Crippen molar-refractivity contribution in [3.63, 3.8) is 0 Å². The van der Waals surface area contributed by atoms with Crippen molar-refractivity contribution in [2.75, 3.05) is 18.4 Å². The van der Waals surface area contributed by atoms with Gasteiger partial charge in [0.1, 0.15) is 5.82 Å². The number of rotatable bonds is 1. The van der Waals surface area contributed by atoms with Gasteiger partial charge in [0.2, 0.25) is 0 Å². The van der Waals surface area contributed by atoms with Crippen molar-refractivity contribution >= 4 is 11.7 Å². The number of halogens is 1. The van der Waals surface area contributed by atoms with Crippen LogP contribution in [0.4, 0.5) is 14.9 Å². The Morgan fingerprint density at radius 3 is 2.40 bits per heavy atom. The number of carbonyl (C=O) groups is 1. The average molecular weight is 208 g/mol. The largest absolute Gasteiger partial charge is 0.325 e. The van der Waals surface area contributed by atoms with Gasteiger partial charge in [0.25, 0.3) is 0 Å². The molecule has 80 valence electrons. The van der Waals surface area contributed by atoms with Crippen LogP contribution < -0.4 is 5.32 Å². The molecular formula is C11H13FN2O. The van der Waals surface area contributed by atoms with Gasteiger partial charge in [-0.2, -0.15) is 0 Å². The molecule has 3 nitrogen and oxygen atoms in total. The standard InChI is InChI=1S/C11H13FN2O/c12-9-3-5-10(6-4-9)13-11(15)14-7-1-2-8-14/h3-6H,1-2,7-8H2,(H,13,15). The van der Waals surface area contributed by atoms with Crippen LogP contribution in [0.15, 0.2) is 24.3 Å². The van der Waals surface area contributed by atoms with Crippen LogP contribution in [0.1, 0.15) is 12.8 Å². The molecule has 1 aromatic carbocycles. The van der Waals surface area contributed by atoms with E-state index in [9.17, 15) is 9.18 Å². The molecule has 1 saturated heterocycles. The number of hydrogen-bond donors (Lipinski definition) is 1. The Balaban J connectivity index is 1.96. The van der Waals surface area contributed by atoms with Crippen molar-refractivity contribution in [3.05, 3.63) is 30.1 Å². The van der Waals surface area contributed by atoms with Gasteiger partial charge in [-0.15, -0.1) is 0 Å². The fourth-order valence-electron chi connectivity index (χ4n) is 1.66. The fraction of sp³-hybridized carbons (Fsp3) is 0.364. The van der Waals surface area contributed by atoms with E-state index >= 15 is 0 Å². The first-order valence-electron chi connectivity index (χ1n) is 5.07. The topological polar surface area (TPSA) is 32.3 Å². The zero-order valence-corrected chi connectivity index (χ0v) is 8.37. The van der Waals surface area contributed by atoms with E-state index in [0.717, 1.165) is 25.9 Å². The molecule has 2 rings (SSSR count). The van der Waals surface area contributed by atoms with Gasteiger partial charge in [-0.3, -0.25) is 0 Å². The molecule has 0 bridgehead atoms. The van der Waals surface area contributed by atoms with Crippen molar-refractivity contribution < 1.29 is 9.18 Å². The van der Waals surface area contributed by atoms with Crippen molar-refractivity contribution in [1.29, 1.82) is 0 Å². The van der Waals surface area contributed by atoms with Crippen molar-refractivity contribution in [2.24, 2.45) is 0 Å². The fourth-order valence-corrected chi connectivity index (χ4v) is 1.66. The smallest absolute Gasteiger partial charge is 0.321 e. The highest BCUT2D eigenvalue weighted by Crippen LogP contribution is 2.12. The number of amides is 2. The summed E-state index contributed by atoms with van der Waals surface area (Å²) in [5.74, 6) is -0.297. The third kappa shape index (κ3) is 2.46. The molecule has 1 heterocycles. The average Bonchev–Trinajstić information content (AvgIpc) is 2.74. The first kappa shape index (κ1) is 9.96. The highest BCUT2D eigenvalue weighted by Gasteiger charge is 2.17. The maximum Gasteiger partial charge on any atom is 0.321 e. The molecule has 1 aliphatic heterocycles. The highest BCUT2D eigenvalue weighted by atomic mass is 19.1. The quantitative estimate of drug-likeness (QED) is 0.755. The number of carbonyl (C=O) groups excluding carboxylic acids is 1. The molecule has 4 heteroatoms. The van der Waals surface area contributed by atoms with E-state index in [1.165, 1.54) is 12.1 Å². The highest BCUT2D eigenvalue weighted by molar-refractivity contribution is 5.89. The minimum absolute atomic E-state index is 0.0980. The van der Waals surface area contributed by atoms with E-state index in [4.69, 9.17) is 0 Å². The Hall–Kier alpha value is -1.58. The van der Waals surface area contributed by atoms with E-state index in [2.05, 4.69) is 5.32 Å². The third-order valence-electron chi connectivity index (χ3n) is 2.49. The molecule has 0 spiro atoms. The molecule has 1 aromatic rings. The molecular weight excluding hydrogens is 195 g/mol. The zero-order valence-electron chi connectivity index (χ0n) is 8.37. The van der Waals surface area contributed by atoms with Crippen LogP contribution in [0.2, 0.25) is 0 Å². The van der Waals surface area contributed by atoms with Crippen LogP contribution >= 0.6 is 0 Å². The molecule has 15 heavy (non-hydrogen) atoms. The Morgan fingerprint density at radius 1 is 1.20 bits per heavy atom. The molecule has 0 unspecified atom stereocenters. The lowest BCUT2D eigenvalue weighted by atomic mass is 10.3. The van der Waals surface area contributed by atoms with E-state index in [1.807, 2.05) is 0 Å². The van der Waals surface area contributed by atoms with Gasteiger partial charge in [0.05, 0.1) is 0 Å². The maximum absolute atomic E-state index is 12.6. The van der Waals surface area contributed by atoms with Crippen LogP contribution in [0, 0.1) is 5.82 Å². The number of anilines is 1. The second kappa shape index (κ2) is 4.29. The number of nitrogens with zero attached hydrogens (tertiary/aromatic N) is 1. The molecule has 2 amide bonds. The van der Waals surface area contributed by atoms with Gasteiger partial charge in [-0.25, -0.2) is 9.18 Å². The van der Waals surface area contributed by atoms with Crippen LogP contribution in [-0.4, -0.2) is 24.0 Å². The summed E-state index contributed by atoms with van der Waals surface area (Å²) in [5.41, 5.74) is 0.633. The van der Waals surface area contributed by atoms with Gasteiger partial charge in [0.15, 0.2) is 0 Å². The normalized spacial score (nSPS) is 15.4. The summed E-state index contributed by atoms with van der Waals surface area (Å²) in [5, 5.41) is 2.73. The molecule has 0 saturated carbocycles. The van der Waals surface area contributed by atoms with Crippen LogP contribution in [0.5, 0.6) is 0 Å². The minimum atomic E-state index is -0.297. The second-order valence-corrected chi connectivity index (χ2v) is 3.63. The molecule has 0 atom stereocenters. The lowest BCUT2D eigenvalue weighted by molar-refractivity contribution is 0.222. The first-order chi connectivity index (χ1) is 7.25. The first-order valence-corrected chi connectivity index (χ1v) is 5.07. The van der Waals surface area contributed by atoms with Crippen LogP contribution in [-0.2, 0) is 0 Å². The molecule has 1 N–H and O–H groups in total. The lowest BCUT2D eigenvalue weighted by Crippen LogP contribution is -2.32. The Bertz CT molecular complexity index is 344. The van der Waals surface area contributed by atoms with Crippen LogP contribution in [0.3, 0.4) is 0 Å². The van der Waals surface area contributed by atoms with Crippen molar-refractivity contribution in [1.82, 2.24) is 4.90 Å². The number of nitrogens with one attached hydrogen (secondary N) is 1. The summed E-state index contributed by atoms with van der Waals surface area (Å²) in [4.78, 5) is 13.4. The van der Waals surface area contributed by atoms with Gasteiger partial charge in [0, 0.05) is 18.8 Å². The monoisotopic (exact) mass is 208 g/mol. The van der Waals surface area contributed by atoms with E-state index in [-0.39, 0.29) is 11.8 Å². The maximum atomic E-state index is 12.6. The second-order valence-electron chi connectivity index (χ2n) is 3.63. The number of urea groups is 1. The summed E-state index contributed by atoms with van der Waals surface area (Å²) >= 11 is 0. The molecule has 0 aliphatic carbocycles. The van der Waals surface area contributed by atoms with Gasteiger partial charge in [-0.1, -0.05) is 0 Å². The van der Waals surface area contributed by atoms with E-state index in [1.54, 1.807) is 17.0 Å². The van der Waals surface area contributed by atoms with Gasteiger partial charge in [-0.05, 0) is 37.1 Å². The number of likely N-dealkylation sites (tertiary alicyclic amines) is 1. The van der Waals surface area contributed by atoms with Gasteiger partial charge < -0.3 is 10.2 Å². The summed E-state index contributed by atoms with van der Waals surface area (Å²) < 4.78 is 12.6. The predicted molar refractivity (Wildman–Crippen MR) is 56.2 cm³/mol. The zero-order chi connectivity index (χ0) is 10.7. The Kier molecular flexibility index (Phi) is 2.85. The predicted octanol–water partition coefficient (Wildman–Crippen LogP) is 2.45. The van der Waals surface area contributed by atoms with E-state index in [0.29, 0.717) is 5.69 Å². The minimum Gasteiger partial charge on any atom is -0.325 e. The summed E-state index contributed by atoms with van der Waals surface area (Å²) in [7, 11) is 0. The SMILES string of the molecule is O=C(Nc1ccc(F)cc1)N1CCCC1. The lowest BCUT2D eigenvalue weighted by Gasteiger charge is -2.15. The summed E-state index contributed by atoms with van der Waals surface area (Å²) in [6.07, 6.45) is 2.13. The molecule has 0 aromatic heterocycles. The Morgan fingerprint density at radius 2 is 1.80 bits per heavy atom. The third-order valence-corrected chi connectivity index (χ3v) is 2.49.